The van der Waals surface area contributed by atoms with Crippen molar-refractivity contribution >= 4 is 46.2 Å². The number of aromatic nitrogens is 9. The topological polar surface area (TPSA) is 323 Å². The van der Waals surface area contributed by atoms with Crippen LogP contribution in [0.4, 0.5) is 9.59 Å². The van der Waals surface area contributed by atoms with Gasteiger partial charge in [-0.1, -0.05) is 116 Å². The number of phenolic OH excluding ortho intramolecular Hbond substituents is 2. The van der Waals surface area contributed by atoms with Gasteiger partial charge in [0.25, 0.3) is 0 Å². The van der Waals surface area contributed by atoms with Crippen molar-refractivity contribution in [1.29, 1.82) is 0 Å². The maximum Gasteiger partial charge on any atom is 0.407 e. The molecule has 0 aliphatic heterocycles. The van der Waals surface area contributed by atoms with Crippen LogP contribution in [0.1, 0.15) is 154 Å². The number of unbranched alkanes of at least 4 members (excludes halogenated alkanes) is 9. The number of carbonyl (C=O) groups is 4. The van der Waals surface area contributed by atoms with Gasteiger partial charge >= 0.3 is 41.2 Å². The monoisotopic (exact) mass is 1240 g/mol. The molecule has 0 radical (unpaired) electrons. The van der Waals surface area contributed by atoms with Crippen molar-refractivity contribution in [3.63, 3.8) is 0 Å². The first-order chi connectivity index (χ1) is 43.1. The van der Waals surface area contributed by atoms with Crippen molar-refractivity contribution in [2.75, 3.05) is 46.1 Å². The Morgan fingerprint density at radius 1 is 0.467 bits per heavy atom. The van der Waals surface area contributed by atoms with Crippen LogP contribution >= 0.6 is 0 Å². The highest BCUT2D eigenvalue weighted by Gasteiger charge is 2.26. The van der Waals surface area contributed by atoms with Crippen LogP contribution in [0.25, 0.3) is 33.4 Å². The second kappa shape index (κ2) is 33.1. The zero-order valence-electron chi connectivity index (χ0n) is 52.8. The van der Waals surface area contributed by atoms with Crippen LogP contribution in [0.5, 0.6) is 11.5 Å². The molecular weight excluding hydrogens is 1160 g/mol. The van der Waals surface area contributed by atoms with E-state index in [9.17, 15) is 43.8 Å². The molecule has 3 aromatic heterocycles. The van der Waals surface area contributed by atoms with E-state index < -0.39 is 52.0 Å². The number of carbonyl (C=O) groups excluding carboxylic acids is 4. The number of aromatic hydroxyl groups is 2. The van der Waals surface area contributed by atoms with Gasteiger partial charge in [-0.3, -0.25) is 9.59 Å². The third-order valence-electron chi connectivity index (χ3n) is 15.2. The highest BCUT2D eigenvalue weighted by molar-refractivity contribution is 5.75. The Labute approximate surface area is 522 Å². The SMILES string of the molecule is CC(C)(C)c1cc(CCC(=O)OCCOC(=O)NCCCCCCn2c(=O)n(CCCCCCN)c(=O)n(CCCCCCNC(=O)OCCOC(=O)CCc3cc(-n4nc5ccccc5n4)c(O)c(C(C)(C)C)c3)c2=O)cc(-n2nc3ccccc3n2)c1O. The van der Waals surface area contributed by atoms with Gasteiger partial charge in [0.05, 0.1) is 0 Å². The number of amides is 2. The largest absolute Gasteiger partial charge is 0.505 e. The van der Waals surface area contributed by atoms with Gasteiger partial charge in [0.15, 0.2) is 0 Å². The molecule has 0 aliphatic rings. The number of rotatable bonds is 34. The second-order valence-electron chi connectivity index (χ2n) is 24.4. The Kier molecular flexibility index (Phi) is 25.2. The van der Waals surface area contributed by atoms with Gasteiger partial charge in [0.1, 0.15) is 71.4 Å². The van der Waals surface area contributed by atoms with Gasteiger partial charge in [0, 0.05) is 56.7 Å². The van der Waals surface area contributed by atoms with E-state index in [1.54, 1.807) is 12.1 Å². The van der Waals surface area contributed by atoms with E-state index in [4.69, 9.17) is 24.7 Å². The lowest BCUT2D eigenvalue weighted by Crippen LogP contribution is -2.54. The molecule has 2 amide bonds. The number of hydrogen-bond donors (Lipinski definition) is 5. The Morgan fingerprint density at radius 3 is 1.12 bits per heavy atom. The van der Waals surface area contributed by atoms with E-state index in [-0.39, 0.29) is 70.4 Å². The van der Waals surface area contributed by atoms with E-state index >= 15 is 0 Å². The Bertz CT molecular complexity index is 3440. The number of nitrogens with two attached hydrogens (primary N) is 1. The Balaban J connectivity index is 0.762. The lowest BCUT2D eigenvalue weighted by Gasteiger charge is -2.23. The third kappa shape index (κ3) is 19.8. The Hall–Kier alpha value is -8.87. The summed E-state index contributed by atoms with van der Waals surface area (Å²) >= 11 is 0. The highest BCUT2D eigenvalue weighted by atomic mass is 16.6. The van der Waals surface area contributed by atoms with Crippen molar-refractivity contribution in [2.45, 2.75) is 175 Å². The van der Waals surface area contributed by atoms with Crippen LogP contribution in [0, 0.1) is 0 Å². The molecule has 486 valence electrons. The second-order valence-corrected chi connectivity index (χ2v) is 24.4. The fraction of sp³-hybridized carbons (Fsp3) is 0.523. The van der Waals surface area contributed by atoms with Crippen LogP contribution in [0.3, 0.4) is 0 Å². The normalized spacial score (nSPS) is 11.7. The molecule has 0 aliphatic carbocycles. The standard InChI is InChI=1S/C65H88N12O13/c1-64(2,3)47-41-45(43-53(57(47)80)76-69-49-23-13-14-24-50(49)70-76)27-29-55(78)87-37-39-89-59(82)67-32-18-8-11-21-35-74-61(84)73(34-20-10-7-17-31-66)62(85)75(63(74)86)36-22-12-9-19-33-68-60(83)90-40-38-88-56(79)30-28-46-42-48(65(4,5)6)58(81)54(44-46)77-71-51-25-15-16-26-52(51)72-77/h13-16,23-26,41-44,80-81H,7-12,17-22,27-40,66H2,1-6H3,(H,67,82)(H,68,83). The summed E-state index contributed by atoms with van der Waals surface area (Å²) < 4.78 is 24.5. The van der Waals surface area contributed by atoms with E-state index in [0.29, 0.717) is 135 Å². The molecule has 7 aromatic rings. The van der Waals surface area contributed by atoms with Gasteiger partial charge in [-0.2, -0.15) is 0 Å². The molecule has 0 spiro atoms. The summed E-state index contributed by atoms with van der Waals surface area (Å²) in [7, 11) is 0. The van der Waals surface area contributed by atoms with Crippen LogP contribution in [-0.4, -0.2) is 124 Å². The van der Waals surface area contributed by atoms with Gasteiger partial charge < -0.3 is 45.5 Å². The first-order valence-electron chi connectivity index (χ1n) is 31.3. The Morgan fingerprint density at radius 2 is 0.789 bits per heavy atom. The van der Waals surface area contributed by atoms with Crippen LogP contribution in [0.2, 0.25) is 0 Å². The summed E-state index contributed by atoms with van der Waals surface area (Å²) in [5, 5.41) is 46.0. The number of hydrogen-bond acceptors (Lipinski definition) is 18. The molecule has 3 heterocycles. The lowest BCUT2D eigenvalue weighted by molar-refractivity contribution is -0.145. The van der Waals surface area contributed by atoms with Crippen LogP contribution < -0.4 is 33.4 Å². The molecule has 4 aromatic carbocycles. The summed E-state index contributed by atoms with van der Waals surface area (Å²) in [6.07, 6.45) is 7.25. The van der Waals surface area contributed by atoms with E-state index in [1.165, 1.54) is 9.59 Å². The minimum atomic E-state index is -0.661. The zero-order chi connectivity index (χ0) is 64.8. The minimum Gasteiger partial charge on any atom is -0.505 e. The van der Waals surface area contributed by atoms with Crippen molar-refractivity contribution in [2.24, 2.45) is 5.73 Å². The van der Waals surface area contributed by atoms with Crippen molar-refractivity contribution in [3.05, 3.63) is 127 Å². The first-order valence-corrected chi connectivity index (χ1v) is 31.3. The summed E-state index contributed by atoms with van der Waals surface area (Å²) in [5.41, 5.74) is 9.36. The predicted molar refractivity (Wildman–Crippen MR) is 339 cm³/mol. The van der Waals surface area contributed by atoms with Crippen molar-refractivity contribution in [3.8, 4) is 22.9 Å². The number of nitrogens with zero attached hydrogens (tertiary/aromatic N) is 9. The number of phenols is 2. The molecule has 0 saturated carbocycles. The number of esters is 2. The molecule has 7 rings (SSSR count). The molecular formula is C65H88N12O13. The van der Waals surface area contributed by atoms with Crippen molar-refractivity contribution in [1.82, 2.24) is 54.3 Å². The van der Waals surface area contributed by atoms with Gasteiger partial charge in [-0.15, -0.1) is 30.0 Å². The first kappa shape index (κ1) is 68.6. The molecule has 90 heavy (non-hydrogen) atoms. The van der Waals surface area contributed by atoms with Crippen molar-refractivity contribution < 1.29 is 48.3 Å². The smallest absolute Gasteiger partial charge is 0.407 e. The number of alkyl carbamates (subject to hydrolysis) is 2. The van der Waals surface area contributed by atoms with Gasteiger partial charge in [-0.05, 0) is 116 Å². The maximum atomic E-state index is 13.7. The summed E-state index contributed by atoms with van der Waals surface area (Å²) in [5.74, 6) is -0.834. The molecule has 0 fully saturated rings. The molecule has 0 atom stereocenters. The van der Waals surface area contributed by atoms with Gasteiger partial charge in [-0.25, -0.2) is 37.7 Å². The molecule has 25 nitrogen and oxygen atoms in total. The highest BCUT2D eigenvalue weighted by Crippen LogP contribution is 2.38. The molecule has 6 N–H and O–H groups in total. The maximum absolute atomic E-state index is 13.7. The average molecular weight is 1250 g/mol. The number of ether oxygens (including phenoxy) is 4. The zero-order valence-corrected chi connectivity index (χ0v) is 52.8. The summed E-state index contributed by atoms with van der Waals surface area (Å²) in [6, 6.07) is 22.1. The lowest BCUT2D eigenvalue weighted by atomic mass is 9.84. The number of fused-ring (bicyclic) bond motifs is 2. The molecule has 0 bridgehead atoms. The quantitative estimate of drug-likeness (QED) is 0.0144. The van der Waals surface area contributed by atoms with Gasteiger partial charge in [0.2, 0.25) is 0 Å². The van der Waals surface area contributed by atoms with E-state index in [2.05, 4.69) is 31.0 Å². The third-order valence-corrected chi connectivity index (χ3v) is 15.2. The molecule has 25 heteroatoms. The van der Waals surface area contributed by atoms with Crippen LogP contribution in [-0.2, 0) is 71.8 Å². The van der Waals surface area contributed by atoms with E-state index in [1.807, 2.05) is 102 Å². The minimum absolute atomic E-state index is 0.0511. The number of nitrogens with one attached hydrogen (secondary N) is 2. The predicted octanol–water partition coefficient (Wildman–Crippen LogP) is 8.09. The average Bonchev–Trinajstić information content (AvgIpc) is 1.37. The van der Waals surface area contributed by atoms with E-state index in [0.717, 1.165) is 44.1 Å². The summed E-state index contributed by atoms with van der Waals surface area (Å²) in [6.45, 7) is 12.9. The molecule has 0 saturated heterocycles. The fourth-order valence-corrected chi connectivity index (χ4v) is 10.2. The number of aryl methyl sites for hydroxylation is 2. The molecule has 0 unspecified atom stereocenters. The fourth-order valence-electron chi connectivity index (χ4n) is 10.2. The summed E-state index contributed by atoms with van der Waals surface area (Å²) in [4.78, 5) is 93.9. The van der Waals surface area contributed by atoms with Crippen LogP contribution in [0.15, 0.2) is 87.2 Å². The number of benzene rings is 4.